The fourth-order valence-electron chi connectivity index (χ4n) is 2.47. The Hall–Kier alpha value is -2.60. The van der Waals surface area contributed by atoms with E-state index in [0.29, 0.717) is 12.4 Å². The number of aryl methyl sites for hydroxylation is 2. The number of benzene rings is 1. The van der Waals surface area contributed by atoms with E-state index in [1.807, 2.05) is 19.1 Å². The van der Waals surface area contributed by atoms with E-state index in [-0.39, 0.29) is 0 Å². The molecule has 3 aromatic rings. The van der Waals surface area contributed by atoms with Gasteiger partial charge in [-0.15, -0.1) is 11.3 Å². The van der Waals surface area contributed by atoms with E-state index in [0.717, 1.165) is 30.4 Å². The van der Waals surface area contributed by atoms with Crippen molar-refractivity contribution in [2.24, 2.45) is 4.99 Å². The van der Waals surface area contributed by atoms with E-state index in [4.69, 9.17) is 4.42 Å². The summed E-state index contributed by atoms with van der Waals surface area (Å²) in [5.41, 5.74) is 3.55. The van der Waals surface area contributed by atoms with Gasteiger partial charge in [0, 0.05) is 17.0 Å². The highest BCUT2D eigenvalue weighted by atomic mass is 32.1. The number of nitrogens with zero attached hydrogens (tertiary/aromatic N) is 2. The summed E-state index contributed by atoms with van der Waals surface area (Å²) in [5.74, 6) is 2.13. The predicted molar refractivity (Wildman–Crippen MR) is 107 cm³/mol. The number of rotatable bonds is 6. The molecule has 136 valence electrons. The monoisotopic (exact) mass is 368 g/mol. The van der Waals surface area contributed by atoms with E-state index in [1.54, 1.807) is 17.5 Å². The Bertz CT molecular complexity index is 864. The Kier molecular flexibility index (Phi) is 6.07. The molecule has 0 fully saturated rings. The maximum Gasteiger partial charge on any atom is 0.216 e. The Morgan fingerprint density at radius 2 is 1.96 bits per heavy atom. The first-order valence-electron chi connectivity index (χ1n) is 8.72. The summed E-state index contributed by atoms with van der Waals surface area (Å²) < 4.78 is 5.84. The number of oxazole rings is 1. The maximum absolute atomic E-state index is 5.84. The second-order valence-electron chi connectivity index (χ2n) is 6.06. The molecule has 0 bridgehead atoms. The Labute approximate surface area is 158 Å². The van der Waals surface area contributed by atoms with Crippen LogP contribution in [0.3, 0.4) is 0 Å². The topological polar surface area (TPSA) is 62.5 Å². The molecule has 0 radical (unpaired) electrons. The quantitative estimate of drug-likeness (QED) is 0.504. The fraction of sp³-hybridized carbons (Fsp3) is 0.300. The van der Waals surface area contributed by atoms with Gasteiger partial charge < -0.3 is 15.1 Å². The molecule has 3 rings (SSSR count). The van der Waals surface area contributed by atoms with Crippen LogP contribution >= 0.6 is 11.3 Å². The van der Waals surface area contributed by atoms with Crippen LogP contribution in [0.1, 0.15) is 28.8 Å². The van der Waals surface area contributed by atoms with Crippen LogP contribution < -0.4 is 10.6 Å². The molecule has 0 aliphatic rings. The average molecular weight is 369 g/mol. The minimum Gasteiger partial charge on any atom is -0.439 e. The van der Waals surface area contributed by atoms with Crippen molar-refractivity contribution in [1.29, 1.82) is 0 Å². The molecule has 5 nitrogen and oxygen atoms in total. The van der Waals surface area contributed by atoms with E-state index < -0.39 is 0 Å². The minimum absolute atomic E-state index is 0.393. The summed E-state index contributed by atoms with van der Waals surface area (Å²) in [6.45, 7) is 8.19. The van der Waals surface area contributed by atoms with E-state index in [9.17, 15) is 0 Å². The van der Waals surface area contributed by atoms with Gasteiger partial charge in [-0.1, -0.05) is 29.8 Å². The molecule has 1 aromatic carbocycles. The van der Waals surface area contributed by atoms with Crippen LogP contribution in [0.2, 0.25) is 0 Å². The zero-order chi connectivity index (χ0) is 18.4. The molecule has 0 spiro atoms. The van der Waals surface area contributed by atoms with Crippen LogP contribution in [0.4, 0.5) is 0 Å². The Morgan fingerprint density at radius 1 is 1.15 bits per heavy atom. The number of aromatic nitrogens is 1. The molecule has 0 unspecified atom stereocenters. The normalized spacial score (nSPS) is 11.6. The standard InChI is InChI=1S/C20H24N4OS/c1-4-21-20(23-12-18-15(3)9-10-26-18)24-13-19-22-11-17(25-19)16-7-5-14(2)6-8-16/h5-11H,4,12-13H2,1-3H3,(H2,21,23,24). The zero-order valence-electron chi connectivity index (χ0n) is 15.4. The van der Waals surface area contributed by atoms with Gasteiger partial charge >= 0.3 is 0 Å². The Morgan fingerprint density at radius 3 is 2.65 bits per heavy atom. The number of thiophene rings is 1. The first kappa shape index (κ1) is 18.2. The first-order chi connectivity index (χ1) is 12.7. The average Bonchev–Trinajstić information content (AvgIpc) is 3.27. The molecule has 2 N–H and O–H groups in total. The third-order valence-corrected chi connectivity index (χ3v) is 5.01. The molecular formula is C20H24N4OS. The zero-order valence-corrected chi connectivity index (χ0v) is 16.2. The highest BCUT2D eigenvalue weighted by Gasteiger charge is 2.07. The molecule has 2 heterocycles. The van der Waals surface area contributed by atoms with Gasteiger partial charge in [-0.05, 0) is 37.8 Å². The predicted octanol–water partition coefficient (Wildman–Crippen LogP) is 4.28. The second-order valence-corrected chi connectivity index (χ2v) is 7.06. The fourth-order valence-corrected chi connectivity index (χ4v) is 3.32. The number of hydrogen-bond acceptors (Lipinski definition) is 4. The molecular weight excluding hydrogens is 344 g/mol. The molecule has 0 saturated carbocycles. The van der Waals surface area contributed by atoms with Crippen molar-refractivity contribution in [1.82, 2.24) is 15.6 Å². The minimum atomic E-state index is 0.393. The number of guanidine groups is 1. The van der Waals surface area contributed by atoms with Gasteiger partial charge in [-0.25, -0.2) is 9.98 Å². The molecule has 6 heteroatoms. The van der Waals surface area contributed by atoms with Crippen molar-refractivity contribution in [2.75, 3.05) is 6.54 Å². The van der Waals surface area contributed by atoms with Gasteiger partial charge in [0.25, 0.3) is 0 Å². The van der Waals surface area contributed by atoms with Crippen LogP contribution in [0.15, 0.2) is 51.3 Å². The van der Waals surface area contributed by atoms with Crippen molar-refractivity contribution >= 4 is 17.3 Å². The van der Waals surface area contributed by atoms with Crippen molar-refractivity contribution in [3.63, 3.8) is 0 Å². The van der Waals surface area contributed by atoms with Crippen molar-refractivity contribution < 1.29 is 4.42 Å². The third-order valence-electron chi connectivity index (χ3n) is 3.99. The van der Waals surface area contributed by atoms with E-state index in [1.165, 1.54) is 16.0 Å². The third kappa shape index (κ3) is 4.73. The lowest BCUT2D eigenvalue weighted by Gasteiger charge is -2.10. The molecule has 0 aliphatic heterocycles. The molecule has 0 aliphatic carbocycles. The lowest BCUT2D eigenvalue weighted by molar-refractivity contribution is 0.509. The van der Waals surface area contributed by atoms with Gasteiger partial charge in [-0.3, -0.25) is 0 Å². The van der Waals surface area contributed by atoms with Gasteiger partial charge in [0.05, 0.1) is 12.7 Å². The highest BCUT2D eigenvalue weighted by Crippen LogP contribution is 2.21. The number of nitrogens with one attached hydrogen (secondary N) is 2. The molecule has 26 heavy (non-hydrogen) atoms. The summed E-state index contributed by atoms with van der Waals surface area (Å²) in [6, 6.07) is 10.3. The van der Waals surface area contributed by atoms with Crippen LogP contribution in [-0.2, 0) is 13.1 Å². The summed E-state index contributed by atoms with van der Waals surface area (Å²) in [5, 5.41) is 8.72. The number of hydrogen-bond donors (Lipinski definition) is 2. The second kappa shape index (κ2) is 8.67. The summed E-state index contributed by atoms with van der Waals surface area (Å²) in [7, 11) is 0. The largest absolute Gasteiger partial charge is 0.439 e. The maximum atomic E-state index is 5.84. The lowest BCUT2D eigenvalue weighted by atomic mass is 10.1. The van der Waals surface area contributed by atoms with Crippen LogP contribution in [0, 0.1) is 13.8 Å². The Balaban J connectivity index is 1.64. The van der Waals surface area contributed by atoms with Gasteiger partial charge in [0.15, 0.2) is 11.7 Å². The van der Waals surface area contributed by atoms with Crippen molar-refractivity contribution in [2.45, 2.75) is 33.9 Å². The summed E-state index contributed by atoms with van der Waals surface area (Å²) in [4.78, 5) is 10.2. The van der Waals surface area contributed by atoms with Crippen molar-refractivity contribution in [3.8, 4) is 11.3 Å². The van der Waals surface area contributed by atoms with Crippen LogP contribution in [0.5, 0.6) is 0 Å². The van der Waals surface area contributed by atoms with Gasteiger partial charge in [0.2, 0.25) is 5.89 Å². The molecule has 0 atom stereocenters. The lowest BCUT2D eigenvalue weighted by Crippen LogP contribution is -2.36. The van der Waals surface area contributed by atoms with Gasteiger partial charge in [0.1, 0.15) is 6.54 Å². The van der Waals surface area contributed by atoms with Crippen LogP contribution in [-0.4, -0.2) is 17.5 Å². The molecule has 2 aromatic heterocycles. The van der Waals surface area contributed by atoms with Crippen LogP contribution in [0.25, 0.3) is 11.3 Å². The SMILES string of the molecule is CCNC(=NCc1ncc(-c2ccc(C)cc2)o1)NCc1sccc1C. The number of aliphatic imine (C=N–C) groups is 1. The summed E-state index contributed by atoms with van der Waals surface area (Å²) in [6.07, 6.45) is 1.75. The first-order valence-corrected chi connectivity index (χ1v) is 9.60. The summed E-state index contributed by atoms with van der Waals surface area (Å²) >= 11 is 1.75. The van der Waals surface area contributed by atoms with E-state index >= 15 is 0 Å². The highest BCUT2D eigenvalue weighted by molar-refractivity contribution is 7.10. The smallest absolute Gasteiger partial charge is 0.216 e. The van der Waals surface area contributed by atoms with Crippen molar-refractivity contribution in [3.05, 3.63) is 63.8 Å². The molecule has 0 saturated heterocycles. The van der Waals surface area contributed by atoms with Gasteiger partial charge in [-0.2, -0.15) is 0 Å². The van der Waals surface area contributed by atoms with E-state index in [2.05, 4.69) is 58.0 Å². The molecule has 0 amide bonds.